The van der Waals surface area contributed by atoms with Crippen LogP contribution in [0.4, 0.5) is 11.8 Å². The molecule has 1 unspecified atom stereocenters. The van der Waals surface area contributed by atoms with Gasteiger partial charge in [0.2, 0.25) is 5.95 Å². The number of thiophene rings is 1. The summed E-state index contributed by atoms with van der Waals surface area (Å²) in [6.45, 7) is 0. The molecular formula is C11H14N4S2. The molecule has 17 heavy (non-hydrogen) atoms. The van der Waals surface area contributed by atoms with Crippen LogP contribution in [0.15, 0.2) is 11.4 Å². The third-order valence-corrected chi connectivity index (χ3v) is 5.06. The Morgan fingerprint density at radius 2 is 2.35 bits per heavy atom. The smallest absolute Gasteiger partial charge is 0.223 e. The van der Waals surface area contributed by atoms with Crippen molar-refractivity contribution in [3.05, 3.63) is 11.4 Å². The van der Waals surface area contributed by atoms with E-state index in [9.17, 15) is 0 Å². The van der Waals surface area contributed by atoms with Crippen LogP contribution >= 0.6 is 23.1 Å². The van der Waals surface area contributed by atoms with Gasteiger partial charge >= 0.3 is 0 Å². The highest BCUT2D eigenvalue weighted by Crippen LogP contribution is 2.31. The Morgan fingerprint density at radius 3 is 3.12 bits per heavy atom. The van der Waals surface area contributed by atoms with Crippen molar-refractivity contribution in [2.75, 3.05) is 29.2 Å². The Morgan fingerprint density at radius 1 is 1.47 bits per heavy atom. The Balaban J connectivity index is 2.05. The lowest BCUT2D eigenvalue weighted by molar-refractivity contribution is 0.694. The largest absolute Gasteiger partial charge is 0.368 e. The van der Waals surface area contributed by atoms with Crippen molar-refractivity contribution in [2.24, 2.45) is 0 Å². The molecule has 3 heterocycles. The molecule has 1 aliphatic heterocycles. The predicted octanol–water partition coefficient (Wildman–Crippen LogP) is 2.22. The first-order chi connectivity index (χ1) is 8.25. The summed E-state index contributed by atoms with van der Waals surface area (Å²) in [5.41, 5.74) is 5.77. The van der Waals surface area contributed by atoms with Gasteiger partial charge in [0.1, 0.15) is 10.6 Å². The Hall–Kier alpha value is -1.01. The van der Waals surface area contributed by atoms with Crippen LogP contribution < -0.4 is 10.6 Å². The molecular weight excluding hydrogens is 252 g/mol. The minimum Gasteiger partial charge on any atom is -0.368 e. The predicted molar refractivity (Wildman–Crippen MR) is 76.0 cm³/mol. The second-order valence-corrected chi connectivity index (χ2v) is 6.22. The molecule has 1 aliphatic rings. The van der Waals surface area contributed by atoms with E-state index in [1.807, 2.05) is 17.1 Å². The number of fused-ring (bicyclic) bond motifs is 1. The van der Waals surface area contributed by atoms with Crippen molar-refractivity contribution in [1.29, 1.82) is 0 Å². The Labute approximate surface area is 108 Å². The number of hydrogen-bond donors (Lipinski definition) is 1. The lowest BCUT2D eigenvalue weighted by atomic mass is 10.2. The molecule has 2 aromatic heterocycles. The van der Waals surface area contributed by atoms with Gasteiger partial charge in [0.15, 0.2) is 0 Å². The van der Waals surface area contributed by atoms with E-state index in [-0.39, 0.29) is 0 Å². The summed E-state index contributed by atoms with van der Waals surface area (Å²) in [7, 11) is 2.11. The number of thioether (sulfide) groups is 1. The monoisotopic (exact) mass is 266 g/mol. The van der Waals surface area contributed by atoms with Crippen molar-refractivity contribution in [2.45, 2.75) is 12.5 Å². The van der Waals surface area contributed by atoms with Crippen LogP contribution in [-0.2, 0) is 0 Å². The van der Waals surface area contributed by atoms with Gasteiger partial charge in [-0.15, -0.1) is 11.3 Å². The van der Waals surface area contributed by atoms with Gasteiger partial charge in [-0.1, -0.05) is 0 Å². The molecule has 2 aromatic rings. The van der Waals surface area contributed by atoms with E-state index in [0.717, 1.165) is 16.0 Å². The van der Waals surface area contributed by atoms with Gasteiger partial charge in [0.05, 0.1) is 5.39 Å². The first kappa shape index (κ1) is 11.1. The average molecular weight is 266 g/mol. The number of nitrogen functional groups attached to an aromatic ring is 1. The molecule has 6 heteroatoms. The lowest BCUT2D eigenvalue weighted by Crippen LogP contribution is -2.32. The summed E-state index contributed by atoms with van der Waals surface area (Å²) >= 11 is 3.62. The molecule has 1 saturated heterocycles. The van der Waals surface area contributed by atoms with Gasteiger partial charge in [-0.25, -0.2) is 4.98 Å². The summed E-state index contributed by atoms with van der Waals surface area (Å²) in [6.07, 6.45) is 1.22. The van der Waals surface area contributed by atoms with Gasteiger partial charge < -0.3 is 10.6 Å². The second kappa shape index (κ2) is 4.34. The fourth-order valence-corrected chi connectivity index (χ4v) is 4.16. The van der Waals surface area contributed by atoms with E-state index < -0.39 is 0 Å². The summed E-state index contributed by atoms with van der Waals surface area (Å²) in [6, 6.07) is 2.64. The molecule has 1 atom stereocenters. The summed E-state index contributed by atoms with van der Waals surface area (Å²) in [4.78, 5) is 11.9. The van der Waals surface area contributed by atoms with Gasteiger partial charge in [-0.05, 0) is 23.6 Å². The van der Waals surface area contributed by atoms with Crippen LogP contribution in [-0.4, -0.2) is 34.6 Å². The molecule has 0 radical (unpaired) electrons. The molecule has 0 amide bonds. The third kappa shape index (κ3) is 1.95. The number of nitrogens with two attached hydrogens (primary N) is 1. The molecule has 1 fully saturated rings. The molecule has 2 N–H and O–H groups in total. The fourth-order valence-electron chi connectivity index (χ4n) is 2.13. The second-order valence-electron chi connectivity index (χ2n) is 4.17. The first-order valence-electron chi connectivity index (χ1n) is 5.57. The molecule has 3 rings (SSSR count). The number of aromatic nitrogens is 2. The highest BCUT2D eigenvalue weighted by atomic mass is 32.2. The van der Waals surface area contributed by atoms with E-state index in [4.69, 9.17) is 5.73 Å². The van der Waals surface area contributed by atoms with E-state index in [2.05, 4.69) is 28.0 Å². The summed E-state index contributed by atoms with van der Waals surface area (Å²) in [5.74, 6) is 3.75. The fraction of sp³-hybridized carbons (Fsp3) is 0.455. The number of hydrogen-bond acceptors (Lipinski definition) is 6. The molecule has 4 nitrogen and oxygen atoms in total. The van der Waals surface area contributed by atoms with Crippen molar-refractivity contribution in [3.8, 4) is 0 Å². The van der Waals surface area contributed by atoms with Gasteiger partial charge in [-0.2, -0.15) is 16.7 Å². The quantitative estimate of drug-likeness (QED) is 0.903. The summed E-state index contributed by atoms with van der Waals surface area (Å²) < 4.78 is 0. The van der Waals surface area contributed by atoms with E-state index in [1.54, 1.807) is 11.3 Å². The van der Waals surface area contributed by atoms with Crippen LogP contribution in [0, 0.1) is 0 Å². The zero-order valence-electron chi connectivity index (χ0n) is 9.59. The van der Waals surface area contributed by atoms with E-state index in [1.165, 1.54) is 17.9 Å². The Bertz CT molecular complexity index is 533. The van der Waals surface area contributed by atoms with Crippen LogP contribution in [0.5, 0.6) is 0 Å². The van der Waals surface area contributed by atoms with Crippen LogP contribution in [0.2, 0.25) is 0 Å². The SMILES string of the molecule is CN(c1nc(N)nc2sccc12)C1CCSC1. The van der Waals surface area contributed by atoms with Crippen molar-refractivity contribution >= 4 is 45.1 Å². The standard InChI is InChI=1S/C11H14N4S2/c1-15(7-2-4-16-6-7)9-8-3-5-17-10(8)14-11(12)13-9/h3,5,7H,2,4,6H2,1H3,(H2,12,13,14). The zero-order valence-corrected chi connectivity index (χ0v) is 11.2. The third-order valence-electron chi connectivity index (χ3n) is 3.11. The van der Waals surface area contributed by atoms with Crippen LogP contribution in [0.25, 0.3) is 10.2 Å². The molecule has 0 spiro atoms. The first-order valence-corrected chi connectivity index (χ1v) is 7.60. The molecule has 0 bridgehead atoms. The topological polar surface area (TPSA) is 55.0 Å². The maximum absolute atomic E-state index is 5.77. The van der Waals surface area contributed by atoms with Crippen molar-refractivity contribution in [1.82, 2.24) is 9.97 Å². The van der Waals surface area contributed by atoms with Gasteiger partial charge in [0.25, 0.3) is 0 Å². The highest BCUT2D eigenvalue weighted by Gasteiger charge is 2.23. The number of anilines is 2. The lowest BCUT2D eigenvalue weighted by Gasteiger charge is -2.25. The van der Waals surface area contributed by atoms with Crippen molar-refractivity contribution < 1.29 is 0 Å². The van der Waals surface area contributed by atoms with Gasteiger partial charge in [0, 0.05) is 18.8 Å². The molecule has 0 aromatic carbocycles. The normalized spacial score (nSPS) is 19.9. The maximum atomic E-state index is 5.77. The van der Waals surface area contributed by atoms with E-state index >= 15 is 0 Å². The average Bonchev–Trinajstić information content (AvgIpc) is 2.97. The zero-order chi connectivity index (χ0) is 11.8. The van der Waals surface area contributed by atoms with Crippen molar-refractivity contribution in [3.63, 3.8) is 0 Å². The minimum atomic E-state index is 0.368. The maximum Gasteiger partial charge on any atom is 0.223 e. The Kier molecular flexibility index (Phi) is 2.84. The van der Waals surface area contributed by atoms with Crippen LogP contribution in [0.3, 0.4) is 0 Å². The number of nitrogens with zero attached hydrogens (tertiary/aromatic N) is 3. The van der Waals surface area contributed by atoms with Crippen LogP contribution in [0.1, 0.15) is 6.42 Å². The number of rotatable bonds is 2. The van der Waals surface area contributed by atoms with E-state index in [0.29, 0.717) is 12.0 Å². The highest BCUT2D eigenvalue weighted by molar-refractivity contribution is 7.99. The summed E-state index contributed by atoms with van der Waals surface area (Å²) in [5, 5.41) is 3.16. The van der Waals surface area contributed by atoms with Gasteiger partial charge in [-0.3, -0.25) is 0 Å². The minimum absolute atomic E-state index is 0.368. The molecule has 0 aliphatic carbocycles. The molecule has 0 saturated carbocycles. The molecule has 90 valence electrons.